The Hall–Kier alpha value is -2.77. The molecule has 1 aliphatic heterocycles. The maximum absolute atomic E-state index is 13.1. The van der Waals surface area contributed by atoms with Crippen molar-refractivity contribution in [1.82, 2.24) is 9.29 Å². The average molecular weight is 453 g/mol. The summed E-state index contributed by atoms with van der Waals surface area (Å²) in [6.07, 6.45) is 2.70. The van der Waals surface area contributed by atoms with E-state index in [9.17, 15) is 18.3 Å². The van der Waals surface area contributed by atoms with Gasteiger partial charge in [0.15, 0.2) is 0 Å². The predicted octanol–water partition coefficient (Wildman–Crippen LogP) is 5.07. The van der Waals surface area contributed by atoms with Crippen LogP contribution in [0.3, 0.4) is 0 Å². The largest absolute Gasteiger partial charge is 0.478 e. The molecule has 2 heterocycles. The van der Waals surface area contributed by atoms with Crippen LogP contribution in [-0.2, 0) is 15.4 Å². The van der Waals surface area contributed by atoms with Gasteiger partial charge in [-0.3, -0.25) is 0 Å². The van der Waals surface area contributed by atoms with Crippen LogP contribution in [0.1, 0.15) is 56.0 Å². The molecule has 168 valence electrons. The average Bonchev–Trinajstić information content (AvgIpc) is 2.78. The number of carboxylic acid groups (broad SMARTS) is 1. The van der Waals surface area contributed by atoms with E-state index >= 15 is 0 Å². The summed E-state index contributed by atoms with van der Waals surface area (Å²) in [6.45, 7) is 7.39. The summed E-state index contributed by atoms with van der Waals surface area (Å²) in [5.41, 5.74) is 3.04. The van der Waals surface area contributed by atoms with Crippen molar-refractivity contribution in [1.29, 1.82) is 0 Å². The highest BCUT2D eigenvalue weighted by atomic mass is 32.2. The molecule has 0 saturated carbocycles. The fourth-order valence-electron chi connectivity index (χ4n) is 4.09. The van der Waals surface area contributed by atoms with Gasteiger partial charge in [-0.1, -0.05) is 51.5 Å². The van der Waals surface area contributed by atoms with Crippen LogP contribution >= 0.6 is 0 Å². The van der Waals surface area contributed by atoms with Gasteiger partial charge in [-0.25, -0.2) is 18.2 Å². The molecule has 1 saturated heterocycles. The number of carboxylic acids is 1. The van der Waals surface area contributed by atoms with E-state index in [4.69, 9.17) is 0 Å². The lowest BCUT2D eigenvalue weighted by Crippen LogP contribution is -2.35. The minimum Gasteiger partial charge on any atom is -0.478 e. The van der Waals surface area contributed by atoms with Crippen molar-refractivity contribution >= 4 is 26.9 Å². The Balaban J connectivity index is 1.79. The van der Waals surface area contributed by atoms with Gasteiger partial charge in [-0.05, 0) is 48.1 Å². The minimum atomic E-state index is -3.66. The number of hydrogen-bond acceptors (Lipinski definition) is 4. The second-order valence-corrected chi connectivity index (χ2v) is 11.3. The first-order valence-corrected chi connectivity index (χ1v) is 12.3. The van der Waals surface area contributed by atoms with E-state index in [1.54, 1.807) is 6.07 Å². The van der Waals surface area contributed by atoms with Gasteiger partial charge in [0.2, 0.25) is 10.0 Å². The number of pyridine rings is 1. The van der Waals surface area contributed by atoms with Gasteiger partial charge in [0.1, 0.15) is 0 Å². The van der Waals surface area contributed by atoms with Crippen molar-refractivity contribution in [3.63, 3.8) is 0 Å². The van der Waals surface area contributed by atoms with E-state index in [0.717, 1.165) is 24.8 Å². The van der Waals surface area contributed by atoms with Crippen LogP contribution in [0, 0.1) is 0 Å². The van der Waals surface area contributed by atoms with Crippen molar-refractivity contribution in [2.75, 3.05) is 13.1 Å². The molecule has 0 spiro atoms. The smallest absolute Gasteiger partial charge is 0.336 e. The summed E-state index contributed by atoms with van der Waals surface area (Å²) in [4.78, 5) is 16.8. The van der Waals surface area contributed by atoms with E-state index in [1.165, 1.54) is 28.1 Å². The number of aromatic carboxylic acids is 1. The van der Waals surface area contributed by atoms with Crippen molar-refractivity contribution < 1.29 is 18.3 Å². The first-order chi connectivity index (χ1) is 15.1. The summed E-state index contributed by atoms with van der Waals surface area (Å²) in [5.74, 6) is -1.11. The predicted molar refractivity (Wildman–Crippen MR) is 125 cm³/mol. The van der Waals surface area contributed by atoms with E-state index in [-0.39, 0.29) is 15.9 Å². The molecule has 1 fully saturated rings. The molecule has 32 heavy (non-hydrogen) atoms. The Morgan fingerprint density at radius 3 is 2.22 bits per heavy atom. The Kier molecular flexibility index (Phi) is 5.81. The number of fused-ring (bicyclic) bond motifs is 1. The molecule has 6 nitrogen and oxygen atoms in total. The minimum absolute atomic E-state index is 0.0117. The molecule has 1 aromatic heterocycles. The van der Waals surface area contributed by atoms with Crippen LogP contribution in [0.15, 0.2) is 53.4 Å². The molecule has 0 bridgehead atoms. The Bertz CT molecular complexity index is 1270. The van der Waals surface area contributed by atoms with E-state index in [0.29, 0.717) is 29.7 Å². The SMILES string of the molecule is CC(C)(C)c1ccc(-c2cc(C(=O)O)c3cc(S(=O)(=O)N4CCCCC4)ccc3n2)cc1. The van der Waals surface area contributed by atoms with Crippen LogP contribution in [0.5, 0.6) is 0 Å². The number of benzene rings is 2. The Morgan fingerprint density at radius 1 is 0.969 bits per heavy atom. The lowest BCUT2D eigenvalue weighted by molar-refractivity contribution is 0.0699. The Morgan fingerprint density at radius 2 is 1.62 bits per heavy atom. The second-order valence-electron chi connectivity index (χ2n) is 9.33. The van der Waals surface area contributed by atoms with Crippen LogP contribution < -0.4 is 0 Å². The lowest BCUT2D eigenvalue weighted by Gasteiger charge is -2.26. The molecule has 1 N–H and O–H groups in total. The van der Waals surface area contributed by atoms with Gasteiger partial charge in [0, 0.05) is 24.0 Å². The number of nitrogens with zero attached hydrogens (tertiary/aromatic N) is 2. The van der Waals surface area contributed by atoms with Gasteiger partial charge >= 0.3 is 5.97 Å². The fraction of sp³-hybridized carbons (Fsp3) is 0.360. The monoisotopic (exact) mass is 452 g/mol. The van der Waals surface area contributed by atoms with Gasteiger partial charge < -0.3 is 5.11 Å². The standard InChI is InChI=1S/C25H28N2O4S/c1-25(2,3)18-9-7-17(8-10-18)23-16-21(24(28)29)20-15-19(11-12-22(20)26-23)32(30,31)27-13-5-4-6-14-27/h7-12,15-16H,4-6,13-14H2,1-3H3,(H,28,29). The highest BCUT2D eigenvalue weighted by molar-refractivity contribution is 7.89. The van der Waals surface area contributed by atoms with Crippen molar-refractivity contribution in [2.24, 2.45) is 0 Å². The van der Waals surface area contributed by atoms with Gasteiger partial charge in [0.25, 0.3) is 0 Å². The number of aromatic nitrogens is 1. The number of carbonyl (C=O) groups is 1. The van der Waals surface area contributed by atoms with E-state index in [1.807, 2.05) is 24.3 Å². The molecule has 1 aliphatic rings. The number of sulfonamides is 1. The van der Waals surface area contributed by atoms with Crippen LogP contribution in [0.2, 0.25) is 0 Å². The summed E-state index contributed by atoms with van der Waals surface area (Å²) in [7, 11) is -3.66. The van der Waals surface area contributed by atoms with E-state index in [2.05, 4.69) is 25.8 Å². The van der Waals surface area contributed by atoms with Crippen molar-refractivity contribution in [2.45, 2.75) is 50.3 Å². The zero-order chi connectivity index (χ0) is 23.1. The number of hydrogen-bond donors (Lipinski definition) is 1. The molecular weight excluding hydrogens is 424 g/mol. The molecule has 0 aliphatic carbocycles. The quantitative estimate of drug-likeness (QED) is 0.597. The lowest BCUT2D eigenvalue weighted by atomic mass is 9.86. The molecular formula is C25H28N2O4S. The third kappa shape index (κ3) is 4.27. The summed E-state index contributed by atoms with van der Waals surface area (Å²) < 4.78 is 27.6. The second kappa shape index (κ2) is 8.30. The van der Waals surface area contributed by atoms with Crippen LogP contribution in [0.4, 0.5) is 0 Å². The maximum atomic E-state index is 13.1. The molecule has 0 amide bonds. The normalized spacial score (nSPS) is 15.7. The van der Waals surface area contributed by atoms with Crippen LogP contribution in [-0.4, -0.2) is 41.9 Å². The topological polar surface area (TPSA) is 87.6 Å². The Labute approximate surface area is 189 Å². The number of rotatable bonds is 4. The highest BCUT2D eigenvalue weighted by Crippen LogP contribution is 2.30. The molecule has 0 radical (unpaired) electrons. The fourth-order valence-corrected chi connectivity index (χ4v) is 5.63. The molecule has 0 unspecified atom stereocenters. The third-order valence-corrected chi connectivity index (χ3v) is 7.90. The maximum Gasteiger partial charge on any atom is 0.336 e. The van der Waals surface area contributed by atoms with Gasteiger partial charge in [0.05, 0.1) is 21.7 Å². The molecule has 4 rings (SSSR count). The molecule has 3 aromatic rings. The first kappa shape index (κ1) is 22.4. The van der Waals surface area contributed by atoms with Gasteiger partial charge in [-0.15, -0.1) is 0 Å². The van der Waals surface area contributed by atoms with Crippen LogP contribution in [0.25, 0.3) is 22.2 Å². The molecule has 0 atom stereocenters. The first-order valence-electron chi connectivity index (χ1n) is 10.9. The van der Waals surface area contributed by atoms with Gasteiger partial charge in [-0.2, -0.15) is 4.31 Å². The van der Waals surface area contributed by atoms with Crippen molar-refractivity contribution in [3.05, 3.63) is 59.7 Å². The molecule has 7 heteroatoms. The zero-order valence-electron chi connectivity index (χ0n) is 18.6. The number of piperidine rings is 1. The van der Waals surface area contributed by atoms with E-state index < -0.39 is 16.0 Å². The third-order valence-electron chi connectivity index (χ3n) is 6.01. The highest BCUT2D eigenvalue weighted by Gasteiger charge is 2.27. The molecule has 2 aromatic carbocycles. The summed E-state index contributed by atoms with van der Waals surface area (Å²) in [6, 6.07) is 14.0. The van der Waals surface area contributed by atoms with Crippen molar-refractivity contribution in [3.8, 4) is 11.3 Å². The summed E-state index contributed by atoms with van der Waals surface area (Å²) >= 11 is 0. The zero-order valence-corrected chi connectivity index (χ0v) is 19.4. The summed E-state index contributed by atoms with van der Waals surface area (Å²) in [5, 5.41) is 10.2.